The maximum atomic E-state index is 11.0. The third-order valence-electron chi connectivity index (χ3n) is 2.49. The lowest BCUT2D eigenvalue weighted by atomic mass is 10.3. The molecule has 0 atom stereocenters. The summed E-state index contributed by atoms with van der Waals surface area (Å²) >= 11 is 1.10. The number of anilines is 1. The highest BCUT2D eigenvalue weighted by molar-refractivity contribution is 7.99. The summed E-state index contributed by atoms with van der Waals surface area (Å²) in [6, 6.07) is 10.5. The maximum absolute atomic E-state index is 11.0. The summed E-state index contributed by atoms with van der Waals surface area (Å²) in [5.74, 6) is 0. The summed E-state index contributed by atoms with van der Waals surface area (Å²) in [4.78, 5) is 21.3. The van der Waals surface area contributed by atoms with Crippen molar-refractivity contribution in [2.75, 3.05) is 5.73 Å². The van der Waals surface area contributed by atoms with Gasteiger partial charge in [-0.15, -0.1) is 0 Å². The van der Waals surface area contributed by atoms with E-state index in [1.807, 2.05) is 0 Å². The van der Waals surface area contributed by atoms with Crippen molar-refractivity contribution in [3.05, 3.63) is 62.7 Å². The maximum Gasteiger partial charge on any atom is 0.290 e. The first-order chi connectivity index (χ1) is 9.49. The molecule has 0 spiro atoms. The van der Waals surface area contributed by atoms with Gasteiger partial charge >= 0.3 is 0 Å². The lowest BCUT2D eigenvalue weighted by Crippen LogP contribution is -1.95. The quantitative estimate of drug-likeness (QED) is 0.525. The molecule has 2 aromatic rings. The second-order valence-corrected chi connectivity index (χ2v) is 4.89. The number of nitrogen functional groups attached to an aromatic ring is 1. The molecule has 0 aliphatic heterocycles. The Labute approximate surface area is 117 Å². The molecule has 0 radical (unpaired) electrons. The second-order valence-electron chi connectivity index (χ2n) is 3.81. The van der Waals surface area contributed by atoms with E-state index >= 15 is 0 Å². The Morgan fingerprint density at radius 2 is 1.65 bits per heavy atom. The number of non-ortho nitro benzene ring substituents is 1. The normalized spacial score (nSPS) is 10.2. The first kappa shape index (κ1) is 13.8. The molecule has 2 rings (SSSR count). The fraction of sp³-hybridized carbons (Fsp3) is 0. The van der Waals surface area contributed by atoms with Crippen LogP contribution in [-0.2, 0) is 0 Å². The van der Waals surface area contributed by atoms with Crippen LogP contribution in [0.15, 0.2) is 52.3 Å². The van der Waals surface area contributed by atoms with Gasteiger partial charge in [0.15, 0.2) is 0 Å². The largest absolute Gasteiger partial charge is 0.398 e. The number of hydrogen-bond acceptors (Lipinski definition) is 6. The van der Waals surface area contributed by atoms with Crippen molar-refractivity contribution in [3.63, 3.8) is 0 Å². The summed E-state index contributed by atoms with van der Waals surface area (Å²) in [6.45, 7) is 0. The summed E-state index contributed by atoms with van der Waals surface area (Å²) in [5, 5.41) is 21.7. The monoisotopic (exact) mass is 291 g/mol. The lowest BCUT2D eigenvalue weighted by molar-refractivity contribution is -0.396. The number of nitro groups is 2. The van der Waals surface area contributed by atoms with E-state index in [-0.39, 0.29) is 11.4 Å². The molecule has 102 valence electrons. The van der Waals surface area contributed by atoms with Crippen molar-refractivity contribution >= 4 is 28.8 Å². The Hall–Kier alpha value is -2.61. The van der Waals surface area contributed by atoms with E-state index in [2.05, 4.69) is 0 Å². The minimum absolute atomic E-state index is 0.304. The Bertz CT molecular complexity index is 690. The third-order valence-corrected chi connectivity index (χ3v) is 3.65. The number of hydrogen-bond donors (Lipinski definition) is 1. The number of nitrogens with zero attached hydrogens (tertiary/aromatic N) is 2. The zero-order chi connectivity index (χ0) is 14.7. The van der Waals surface area contributed by atoms with Gasteiger partial charge in [-0.1, -0.05) is 23.9 Å². The second kappa shape index (κ2) is 5.57. The number of para-hydroxylation sites is 1. The van der Waals surface area contributed by atoms with Crippen molar-refractivity contribution in [1.29, 1.82) is 0 Å². The topological polar surface area (TPSA) is 112 Å². The minimum atomic E-state index is -0.668. The summed E-state index contributed by atoms with van der Waals surface area (Å²) < 4.78 is 0. The first-order valence-corrected chi connectivity index (χ1v) is 6.26. The van der Waals surface area contributed by atoms with Gasteiger partial charge in [-0.25, -0.2) is 0 Å². The van der Waals surface area contributed by atoms with Crippen LogP contribution in [0.4, 0.5) is 17.1 Å². The van der Waals surface area contributed by atoms with Crippen molar-refractivity contribution in [1.82, 2.24) is 0 Å². The van der Waals surface area contributed by atoms with Crippen LogP contribution in [0.25, 0.3) is 0 Å². The predicted molar refractivity (Wildman–Crippen MR) is 74.7 cm³/mol. The van der Waals surface area contributed by atoms with E-state index in [0.717, 1.165) is 17.8 Å². The highest BCUT2D eigenvalue weighted by atomic mass is 32.2. The number of benzene rings is 2. The summed E-state index contributed by atoms with van der Waals surface area (Å²) in [6.07, 6.45) is 0. The molecule has 0 aliphatic rings. The third kappa shape index (κ3) is 2.86. The van der Waals surface area contributed by atoms with Crippen LogP contribution < -0.4 is 5.73 Å². The van der Waals surface area contributed by atoms with Crippen LogP contribution >= 0.6 is 11.8 Å². The van der Waals surface area contributed by atoms with Gasteiger partial charge in [-0.05, 0) is 18.2 Å². The lowest BCUT2D eigenvalue weighted by Gasteiger charge is -2.05. The molecule has 20 heavy (non-hydrogen) atoms. The first-order valence-electron chi connectivity index (χ1n) is 5.44. The Kier molecular flexibility index (Phi) is 3.85. The minimum Gasteiger partial charge on any atom is -0.398 e. The number of nitro benzene ring substituents is 2. The molecule has 0 unspecified atom stereocenters. The fourth-order valence-corrected chi connectivity index (χ4v) is 2.48. The van der Waals surface area contributed by atoms with E-state index < -0.39 is 9.85 Å². The Balaban J connectivity index is 2.44. The van der Waals surface area contributed by atoms with E-state index in [1.165, 1.54) is 12.1 Å². The molecular weight excluding hydrogens is 282 g/mol. The van der Waals surface area contributed by atoms with E-state index in [1.54, 1.807) is 24.3 Å². The standard InChI is InChI=1S/C12H9N3O4S/c13-9-3-1-2-4-11(9)20-12-6-5-8(14(16)17)7-10(12)15(18)19/h1-7H,13H2. The van der Waals surface area contributed by atoms with Gasteiger partial charge < -0.3 is 5.73 Å². The predicted octanol–water partition coefficient (Wildman–Crippen LogP) is 3.24. The van der Waals surface area contributed by atoms with E-state index in [4.69, 9.17) is 5.73 Å². The fourth-order valence-electron chi connectivity index (χ4n) is 1.54. The summed E-state index contributed by atoms with van der Waals surface area (Å²) in [5.41, 5.74) is 5.63. The van der Waals surface area contributed by atoms with Crippen molar-refractivity contribution in [2.45, 2.75) is 9.79 Å². The molecule has 7 nitrogen and oxygen atoms in total. The number of nitrogens with two attached hydrogens (primary N) is 1. The van der Waals surface area contributed by atoms with Crippen LogP contribution in [0.3, 0.4) is 0 Å². The molecule has 0 fully saturated rings. The molecular formula is C12H9N3O4S. The SMILES string of the molecule is Nc1ccccc1Sc1ccc([N+](=O)[O-])cc1[N+](=O)[O-]. The van der Waals surface area contributed by atoms with Crippen LogP contribution in [0.5, 0.6) is 0 Å². The Morgan fingerprint density at radius 1 is 0.950 bits per heavy atom. The van der Waals surface area contributed by atoms with Gasteiger partial charge in [-0.3, -0.25) is 20.2 Å². The van der Waals surface area contributed by atoms with Gasteiger partial charge in [0.2, 0.25) is 0 Å². The van der Waals surface area contributed by atoms with Gasteiger partial charge in [0.1, 0.15) is 0 Å². The zero-order valence-electron chi connectivity index (χ0n) is 10.1. The molecule has 0 aliphatic carbocycles. The zero-order valence-corrected chi connectivity index (χ0v) is 10.9. The average molecular weight is 291 g/mol. The number of rotatable bonds is 4. The van der Waals surface area contributed by atoms with Crippen LogP contribution in [0, 0.1) is 20.2 Å². The molecule has 0 amide bonds. The van der Waals surface area contributed by atoms with Gasteiger partial charge in [0, 0.05) is 16.6 Å². The molecule has 0 heterocycles. The smallest absolute Gasteiger partial charge is 0.290 e. The summed E-state index contributed by atoms with van der Waals surface area (Å²) in [7, 11) is 0. The Morgan fingerprint density at radius 3 is 2.25 bits per heavy atom. The van der Waals surface area contributed by atoms with Gasteiger partial charge in [0.05, 0.1) is 20.8 Å². The molecule has 2 N–H and O–H groups in total. The van der Waals surface area contributed by atoms with Crippen molar-refractivity contribution in [2.24, 2.45) is 0 Å². The van der Waals surface area contributed by atoms with Crippen LogP contribution in [0.1, 0.15) is 0 Å². The average Bonchev–Trinajstić information content (AvgIpc) is 2.41. The van der Waals surface area contributed by atoms with Gasteiger partial charge in [-0.2, -0.15) is 0 Å². The van der Waals surface area contributed by atoms with Crippen molar-refractivity contribution < 1.29 is 9.85 Å². The molecule has 0 bridgehead atoms. The molecule has 0 saturated heterocycles. The molecule has 0 saturated carbocycles. The molecule has 0 aromatic heterocycles. The molecule has 2 aromatic carbocycles. The van der Waals surface area contributed by atoms with Crippen LogP contribution in [0.2, 0.25) is 0 Å². The van der Waals surface area contributed by atoms with E-state index in [0.29, 0.717) is 15.5 Å². The molecule has 8 heteroatoms. The highest BCUT2D eigenvalue weighted by Crippen LogP contribution is 2.38. The van der Waals surface area contributed by atoms with Crippen molar-refractivity contribution in [3.8, 4) is 0 Å². The van der Waals surface area contributed by atoms with Crippen LogP contribution in [-0.4, -0.2) is 9.85 Å². The van der Waals surface area contributed by atoms with E-state index in [9.17, 15) is 20.2 Å². The van der Waals surface area contributed by atoms with Gasteiger partial charge in [0.25, 0.3) is 11.4 Å². The highest BCUT2D eigenvalue weighted by Gasteiger charge is 2.20.